The van der Waals surface area contributed by atoms with Crippen molar-refractivity contribution in [2.45, 2.75) is 19.3 Å². The number of esters is 1. The van der Waals surface area contributed by atoms with Crippen molar-refractivity contribution in [3.8, 4) is 0 Å². The molecule has 1 fully saturated rings. The first-order valence-electron chi connectivity index (χ1n) is 4.84. The van der Waals surface area contributed by atoms with Crippen LogP contribution in [0, 0.1) is 5.92 Å². The monoisotopic (exact) mass is 216 g/mol. The van der Waals surface area contributed by atoms with Crippen LogP contribution in [0.5, 0.6) is 0 Å². The van der Waals surface area contributed by atoms with Gasteiger partial charge < -0.3 is 9.47 Å². The Morgan fingerprint density at radius 1 is 1.47 bits per heavy atom. The first-order chi connectivity index (χ1) is 7.27. The smallest absolute Gasteiger partial charge is 0.316 e. The SMILES string of the molecule is O=C/C=C(\OCCCF)OC(=O)C1CC1. The molecule has 0 aliphatic heterocycles. The average molecular weight is 216 g/mol. The molecule has 0 radical (unpaired) electrons. The Balaban J connectivity index is 2.32. The van der Waals surface area contributed by atoms with E-state index in [9.17, 15) is 14.0 Å². The molecule has 0 heterocycles. The number of hydrogen-bond acceptors (Lipinski definition) is 4. The van der Waals surface area contributed by atoms with Crippen molar-refractivity contribution < 1.29 is 23.5 Å². The van der Waals surface area contributed by atoms with Gasteiger partial charge in [0.25, 0.3) is 5.95 Å². The summed E-state index contributed by atoms with van der Waals surface area (Å²) in [7, 11) is 0. The van der Waals surface area contributed by atoms with Crippen molar-refractivity contribution in [2.24, 2.45) is 5.92 Å². The molecule has 5 heteroatoms. The van der Waals surface area contributed by atoms with Gasteiger partial charge in [-0.1, -0.05) is 0 Å². The summed E-state index contributed by atoms with van der Waals surface area (Å²) in [5.41, 5.74) is 0. The van der Waals surface area contributed by atoms with Gasteiger partial charge in [-0.15, -0.1) is 0 Å². The molecule has 1 aliphatic carbocycles. The minimum absolute atomic E-state index is 0.0650. The van der Waals surface area contributed by atoms with Crippen molar-refractivity contribution in [1.29, 1.82) is 0 Å². The minimum atomic E-state index is -0.509. The Hall–Kier alpha value is -1.39. The van der Waals surface area contributed by atoms with Crippen LogP contribution < -0.4 is 0 Å². The zero-order valence-electron chi connectivity index (χ0n) is 8.28. The maximum Gasteiger partial charge on any atom is 0.316 e. The molecule has 0 spiro atoms. The molecule has 0 aromatic heterocycles. The van der Waals surface area contributed by atoms with Crippen molar-refractivity contribution in [3.05, 3.63) is 12.0 Å². The fourth-order valence-corrected chi connectivity index (χ4v) is 0.896. The second-order valence-corrected chi connectivity index (χ2v) is 3.21. The Bertz CT molecular complexity index is 258. The van der Waals surface area contributed by atoms with Crippen molar-refractivity contribution in [1.82, 2.24) is 0 Å². The number of rotatable bonds is 7. The number of carbonyl (C=O) groups excluding carboxylic acids is 2. The summed E-state index contributed by atoms with van der Waals surface area (Å²) in [5, 5.41) is 0. The molecular weight excluding hydrogens is 203 g/mol. The van der Waals surface area contributed by atoms with Crippen molar-refractivity contribution in [2.75, 3.05) is 13.3 Å². The molecule has 15 heavy (non-hydrogen) atoms. The summed E-state index contributed by atoms with van der Waals surface area (Å²) in [5.74, 6) is -0.594. The van der Waals surface area contributed by atoms with Gasteiger partial charge in [0.2, 0.25) is 0 Å². The summed E-state index contributed by atoms with van der Waals surface area (Å²) in [6, 6.07) is 0. The molecule has 0 bridgehead atoms. The lowest BCUT2D eigenvalue weighted by molar-refractivity contribution is -0.146. The Morgan fingerprint density at radius 2 is 2.20 bits per heavy atom. The number of ether oxygens (including phenoxy) is 2. The number of carbonyl (C=O) groups is 2. The van der Waals surface area contributed by atoms with Gasteiger partial charge in [0.05, 0.1) is 25.3 Å². The van der Waals surface area contributed by atoms with E-state index in [1.807, 2.05) is 0 Å². The van der Waals surface area contributed by atoms with Gasteiger partial charge in [-0.05, 0) is 12.8 Å². The summed E-state index contributed by atoms with van der Waals surface area (Å²) >= 11 is 0. The van der Waals surface area contributed by atoms with E-state index in [2.05, 4.69) is 0 Å². The molecule has 4 nitrogen and oxygen atoms in total. The third kappa shape index (κ3) is 4.58. The third-order valence-corrected chi connectivity index (χ3v) is 1.84. The van der Waals surface area contributed by atoms with Crippen LogP contribution >= 0.6 is 0 Å². The predicted molar refractivity (Wildman–Crippen MR) is 49.5 cm³/mol. The van der Waals surface area contributed by atoms with E-state index < -0.39 is 6.67 Å². The highest BCUT2D eigenvalue weighted by Crippen LogP contribution is 2.30. The Labute approximate surface area is 87.0 Å². The summed E-state index contributed by atoms with van der Waals surface area (Å²) in [6.07, 6.45) is 3.32. The van der Waals surface area contributed by atoms with E-state index >= 15 is 0 Å². The van der Waals surface area contributed by atoms with Crippen LogP contribution in [0.15, 0.2) is 12.0 Å². The standard InChI is InChI=1S/C10H13FO4/c11-5-1-7-14-9(4-6-12)15-10(13)8-2-3-8/h4,6,8H,1-3,5,7H2/b9-4+. The molecule has 0 atom stereocenters. The zero-order chi connectivity index (χ0) is 11.1. The highest BCUT2D eigenvalue weighted by Gasteiger charge is 2.32. The predicted octanol–water partition coefficient (Wildman–Crippen LogP) is 1.36. The van der Waals surface area contributed by atoms with Crippen LogP contribution in [0.2, 0.25) is 0 Å². The fourth-order valence-electron chi connectivity index (χ4n) is 0.896. The highest BCUT2D eigenvalue weighted by atomic mass is 19.1. The molecular formula is C10H13FO4. The molecule has 1 saturated carbocycles. The Kier molecular flexibility index (Phi) is 4.80. The fraction of sp³-hybridized carbons (Fsp3) is 0.600. The van der Waals surface area contributed by atoms with Gasteiger partial charge in [0.15, 0.2) is 0 Å². The van der Waals surface area contributed by atoms with Crippen LogP contribution in [0.4, 0.5) is 4.39 Å². The maximum absolute atomic E-state index is 11.8. The van der Waals surface area contributed by atoms with Crippen molar-refractivity contribution in [3.63, 3.8) is 0 Å². The van der Waals surface area contributed by atoms with E-state index in [1.54, 1.807) is 0 Å². The average Bonchev–Trinajstić information content (AvgIpc) is 3.01. The quantitative estimate of drug-likeness (QED) is 0.212. The van der Waals surface area contributed by atoms with Gasteiger partial charge in [-0.2, -0.15) is 0 Å². The molecule has 84 valence electrons. The summed E-state index contributed by atoms with van der Waals surface area (Å²) in [4.78, 5) is 21.4. The van der Waals surface area contributed by atoms with Gasteiger partial charge in [0, 0.05) is 6.42 Å². The molecule has 0 aromatic carbocycles. The molecule has 0 saturated heterocycles. The number of halogens is 1. The number of alkyl halides is 1. The molecule has 1 aliphatic rings. The lowest BCUT2D eigenvalue weighted by Gasteiger charge is -2.08. The molecule has 0 amide bonds. The summed E-state index contributed by atoms with van der Waals surface area (Å²) < 4.78 is 21.5. The first kappa shape index (κ1) is 11.7. The van der Waals surface area contributed by atoms with Gasteiger partial charge in [-0.3, -0.25) is 14.0 Å². The van der Waals surface area contributed by atoms with E-state index in [0.29, 0.717) is 6.29 Å². The normalized spacial score (nSPS) is 15.9. The van der Waals surface area contributed by atoms with E-state index in [4.69, 9.17) is 9.47 Å². The van der Waals surface area contributed by atoms with Crippen LogP contribution in [-0.4, -0.2) is 25.5 Å². The Morgan fingerprint density at radius 3 is 2.73 bits per heavy atom. The van der Waals surface area contributed by atoms with Gasteiger partial charge in [-0.25, -0.2) is 0 Å². The minimum Gasteiger partial charge on any atom is -0.465 e. The first-order valence-corrected chi connectivity index (χ1v) is 4.84. The number of aldehydes is 1. The van der Waals surface area contributed by atoms with E-state index in [0.717, 1.165) is 18.9 Å². The second kappa shape index (κ2) is 6.16. The van der Waals surface area contributed by atoms with Crippen molar-refractivity contribution >= 4 is 12.3 Å². The summed E-state index contributed by atoms with van der Waals surface area (Å²) in [6.45, 7) is -0.418. The molecule has 0 aromatic rings. The third-order valence-electron chi connectivity index (χ3n) is 1.84. The maximum atomic E-state index is 11.8. The van der Waals surface area contributed by atoms with Gasteiger partial charge >= 0.3 is 5.97 Å². The van der Waals surface area contributed by atoms with Crippen LogP contribution in [0.3, 0.4) is 0 Å². The molecule has 1 rings (SSSR count). The van der Waals surface area contributed by atoms with Gasteiger partial charge in [0.1, 0.15) is 6.29 Å². The zero-order valence-corrected chi connectivity index (χ0v) is 8.28. The highest BCUT2D eigenvalue weighted by molar-refractivity contribution is 5.76. The lowest BCUT2D eigenvalue weighted by Crippen LogP contribution is -2.09. The van der Waals surface area contributed by atoms with Crippen LogP contribution in [-0.2, 0) is 19.1 Å². The topological polar surface area (TPSA) is 52.6 Å². The molecule has 0 unspecified atom stereocenters. The largest absolute Gasteiger partial charge is 0.465 e. The number of hydrogen-bond donors (Lipinski definition) is 0. The van der Waals surface area contributed by atoms with E-state index in [-0.39, 0.29) is 30.9 Å². The van der Waals surface area contributed by atoms with Crippen LogP contribution in [0.25, 0.3) is 0 Å². The second-order valence-electron chi connectivity index (χ2n) is 3.21. The lowest BCUT2D eigenvalue weighted by atomic mass is 10.4. The number of allylic oxidation sites excluding steroid dienone is 1. The van der Waals surface area contributed by atoms with Crippen LogP contribution in [0.1, 0.15) is 19.3 Å². The molecule has 0 N–H and O–H groups in total. The van der Waals surface area contributed by atoms with E-state index in [1.165, 1.54) is 0 Å².